The molecule has 1 atom stereocenters. The van der Waals surface area contributed by atoms with Gasteiger partial charge in [-0.15, -0.1) is 0 Å². The Morgan fingerprint density at radius 3 is 2.89 bits per heavy atom. The van der Waals surface area contributed by atoms with Gasteiger partial charge in [-0.05, 0) is 26.2 Å². The summed E-state index contributed by atoms with van der Waals surface area (Å²) in [7, 11) is 1.32. The van der Waals surface area contributed by atoms with Crippen LogP contribution >= 0.6 is 0 Å². The Labute approximate surface area is 107 Å². The zero-order chi connectivity index (χ0) is 13.2. The van der Waals surface area contributed by atoms with Gasteiger partial charge in [0.15, 0.2) is 11.2 Å². The molecule has 18 heavy (non-hydrogen) atoms. The van der Waals surface area contributed by atoms with Crippen molar-refractivity contribution in [1.82, 2.24) is 0 Å². The van der Waals surface area contributed by atoms with E-state index in [9.17, 15) is 9.59 Å². The van der Waals surface area contributed by atoms with Crippen LogP contribution in [-0.4, -0.2) is 25.5 Å². The number of hydrogen-bond donors (Lipinski definition) is 0. The SMILES string of the molecule is CCOC1=CC(=O)C2(C(=O)OC)CCCCC=C12. The highest BCUT2D eigenvalue weighted by Crippen LogP contribution is 2.47. The molecule has 2 rings (SSSR count). The molecule has 0 bridgehead atoms. The summed E-state index contributed by atoms with van der Waals surface area (Å²) in [5.74, 6) is -0.132. The van der Waals surface area contributed by atoms with E-state index in [1.165, 1.54) is 13.2 Å². The van der Waals surface area contributed by atoms with E-state index in [1.54, 1.807) is 0 Å². The number of methoxy groups -OCH3 is 1. The fourth-order valence-electron chi connectivity index (χ4n) is 2.74. The van der Waals surface area contributed by atoms with Crippen LogP contribution < -0.4 is 0 Å². The summed E-state index contributed by atoms with van der Waals surface area (Å²) in [5.41, 5.74) is -0.436. The summed E-state index contributed by atoms with van der Waals surface area (Å²) in [4.78, 5) is 24.4. The van der Waals surface area contributed by atoms with Crippen LogP contribution in [0.15, 0.2) is 23.5 Å². The van der Waals surface area contributed by atoms with Crippen LogP contribution in [0, 0.1) is 5.41 Å². The first-order chi connectivity index (χ1) is 8.66. The third-order valence-electron chi connectivity index (χ3n) is 3.60. The molecule has 4 heteroatoms. The van der Waals surface area contributed by atoms with Crippen molar-refractivity contribution in [2.75, 3.05) is 13.7 Å². The quantitative estimate of drug-likeness (QED) is 0.569. The van der Waals surface area contributed by atoms with Crippen LogP contribution in [0.5, 0.6) is 0 Å². The second-order valence-electron chi connectivity index (χ2n) is 4.57. The lowest BCUT2D eigenvalue weighted by Crippen LogP contribution is -2.38. The first-order valence-electron chi connectivity index (χ1n) is 6.35. The average Bonchev–Trinajstić information content (AvgIpc) is 2.56. The fraction of sp³-hybridized carbons (Fsp3) is 0.571. The minimum atomic E-state index is -1.14. The minimum Gasteiger partial charge on any atom is -0.493 e. The van der Waals surface area contributed by atoms with E-state index >= 15 is 0 Å². The summed E-state index contributed by atoms with van der Waals surface area (Å²) in [6.07, 6.45) is 6.60. The molecule has 0 heterocycles. The molecule has 0 saturated carbocycles. The largest absolute Gasteiger partial charge is 0.493 e. The van der Waals surface area contributed by atoms with E-state index in [1.807, 2.05) is 13.0 Å². The average molecular weight is 250 g/mol. The van der Waals surface area contributed by atoms with Gasteiger partial charge in [0.05, 0.1) is 13.7 Å². The van der Waals surface area contributed by atoms with Crippen molar-refractivity contribution < 1.29 is 19.1 Å². The Hall–Kier alpha value is -1.58. The van der Waals surface area contributed by atoms with Gasteiger partial charge in [-0.2, -0.15) is 0 Å². The van der Waals surface area contributed by atoms with Crippen LogP contribution in [0.2, 0.25) is 0 Å². The molecule has 2 aliphatic carbocycles. The molecule has 1 unspecified atom stereocenters. The van der Waals surface area contributed by atoms with Crippen molar-refractivity contribution >= 4 is 11.8 Å². The van der Waals surface area contributed by atoms with Crippen LogP contribution in [0.25, 0.3) is 0 Å². The van der Waals surface area contributed by atoms with Crippen molar-refractivity contribution in [3.8, 4) is 0 Å². The highest BCUT2D eigenvalue weighted by molar-refractivity contribution is 6.16. The lowest BCUT2D eigenvalue weighted by Gasteiger charge is -2.26. The second-order valence-corrected chi connectivity index (χ2v) is 4.57. The molecule has 0 spiro atoms. The lowest BCUT2D eigenvalue weighted by molar-refractivity contribution is -0.153. The van der Waals surface area contributed by atoms with Gasteiger partial charge in [-0.25, -0.2) is 0 Å². The number of esters is 1. The van der Waals surface area contributed by atoms with E-state index in [2.05, 4.69) is 0 Å². The molecule has 0 aromatic heterocycles. The van der Waals surface area contributed by atoms with Gasteiger partial charge >= 0.3 is 5.97 Å². The number of fused-ring (bicyclic) bond motifs is 1. The highest BCUT2D eigenvalue weighted by atomic mass is 16.5. The number of rotatable bonds is 3. The predicted molar refractivity (Wildman–Crippen MR) is 65.7 cm³/mol. The third kappa shape index (κ3) is 1.76. The van der Waals surface area contributed by atoms with Gasteiger partial charge < -0.3 is 9.47 Å². The fourth-order valence-corrected chi connectivity index (χ4v) is 2.74. The number of ketones is 1. The maximum atomic E-state index is 12.3. The molecule has 0 saturated heterocycles. The number of carbonyl (C=O) groups is 2. The third-order valence-corrected chi connectivity index (χ3v) is 3.60. The van der Waals surface area contributed by atoms with E-state index in [0.29, 0.717) is 24.4 Å². The number of carbonyl (C=O) groups excluding carboxylic acids is 2. The summed E-state index contributed by atoms with van der Waals surface area (Å²) >= 11 is 0. The Balaban J connectivity index is 2.47. The van der Waals surface area contributed by atoms with Gasteiger partial charge in [-0.1, -0.05) is 12.5 Å². The van der Waals surface area contributed by atoms with E-state index in [4.69, 9.17) is 9.47 Å². The molecule has 0 aromatic carbocycles. The minimum absolute atomic E-state index is 0.203. The van der Waals surface area contributed by atoms with E-state index in [0.717, 1.165) is 19.3 Å². The van der Waals surface area contributed by atoms with Gasteiger partial charge in [0.2, 0.25) is 0 Å². The van der Waals surface area contributed by atoms with E-state index < -0.39 is 11.4 Å². The molecule has 0 aliphatic heterocycles. The first kappa shape index (κ1) is 12.9. The van der Waals surface area contributed by atoms with Crippen molar-refractivity contribution in [2.45, 2.75) is 32.6 Å². The van der Waals surface area contributed by atoms with Crippen LogP contribution in [0.3, 0.4) is 0 Å². The van der Waals surface area contributed by atoms with Crippen LogP contribution in [0.4, 0.5) is 0 Å². The standard InChI is InChI=1S/C14H18O4/c1-3-18-11-9-12(15)14(13(16)17-2)8-6-4-5-7-10(11)14/h7,9H,3-6,8H2,1-2H3. The predicted octanol–water partition coefficient (Wildman–Crippen LogP) is 2.15. The molecule has 0 radical (unpaired) electrons. The molecular weight excluding hydrogens is 232 g/mol. The zero-order valence-electron chi connectivity index (χ0n) is 10.8. The first-order valence-corrected chi connectivity index (χ1v) is 6.35. The van der Waals surface area contributed by atoms with Crippen molar-refractivity contribution in [3.63, 3.8) is 0 Å². The van der Waals surface area contributed by atoms with Crippen LogP contribution in [0.1, 0.15) is 32.6 Å². The molecule has 2 aliphatic rings. The van der Waals surface area contributed by atoms with E-state index in [-0.39, 0.29) is 5.78 Å². The second kappa shape index (κ2) is 4.96. The smallest absolute Gasteiger partial charge is 0.324 e. The van der Waals surface area contributed by atoms with Gasteiger partial charge in [0, 0.05) is 11.6 Å². The summed E-state index contributed by atoms with van der Waals surface area (Å²) in [6.45, 7) is 2.34. The van der Waals surface area contributed by atoms with Gasteiger partial charge in [-0.3, -0.25) is 9.59 Å². The summed E-state index contributed by atoms with van der Waals surface area (Å²) < 4.78 is 10.3. The lowest BCUT2D eigenvalue weighted by atomic mass is 9.77. The molecule has 0 N–H and O–H groups in total. The van der Waals surface area contributed by atoms with Crippen molar-refractivity contribution in [1.29, 1.82) is 0 Å². The molecule has 0 fully saturated rings. The number of allylic oxidation sites excluding steroid dienone is 3. The topological polar surface area (TPSA) is 52.6 Å². The van der Waals surface area contributed by atoms with Crippen molar-refractivity contribution in [2.24, 2.45) is 5.41 Å². The monoisotopic (exact) mass is 250 g/mol. The maximum absolute atomic E-state index is 12.3. The highest BCUT2D eigenvalue weighted by Gasteiger charge is 2.54. The maximum Gasteiger partial charge on any atom is 0.324 e. The summed E-state index contributed by atoms with van der Waals surface area (Å²) in [5, 5.41) is 0. The number of ether oxygens (including phenoxy) is 2. The molecule has 98 valence electrons. The van der Waals surface area contributed by atoms with Crippen molar-refractivity contribution in [3.05, 3.63) is 23.5 Å². The molecule has 0 amide bonds. The Morgan fingerprint density at radius 1 is 1.44 bits per heavy atom. The Morgan fingerprint density at radius 2 is 2.22 bits per heavy atom. The molecule has 0 aromatic rings. The normalized spacial score (nSPS) is 26.9. The Bertz CT molecular complexity index is 433. The number of hydrogen-bond acceptors (Lipinski definition) is 4. The van der Waals surface area contributed by atoms with Crippen LogP contribution in [-0.2, 0) is 19.1 Å². The van der Waals surface area contributed by atoms with Gasteiger partial charge in [0.25, 0.3) is 0 Å². The molecular formula is C14H18O4. The molecule has 4 nitrogen and oxygen atoms in total. The summed E-state index contributed by atoms with van der Waals surface area (Å²) in [6, 6.07) is 0. The van der Waals surface area contributed by atoms with Gasteiger partial charge in [0.1, 0.15) is 5.76 Å². The zero-order valence-corrected chi connectivity index (χ0v) is 10.8. The Kier molecular flexibility index (Phi) is 3.55.